The van der Waals surface area contributed by atoms with Crippen molar-refractivity contribution in [2.45, 2.75) is 26.7 Å². The Morgan fingerprint density at radius 1 is 1.67 bits per heavy atom. The molecule has 82 valence electrons. The molecule has 0 unspecified atom stereocenters. The first kappa shape index (κ1) is 11.1. The second kappa shape index (κ2) is 3.91. The molecule has 0 saturated heterocycles. The molecule has 1 fully saturated rings. The second-order valence-corrected chi connectivity index (χ2v) is 6.93. The number of aryl methyl sites for hydroxylation is 1. The van der Waals surface area contributed by atoms with Crippen LogP contribution in [0.4, 0.5) is 0 Å². The van der Waals surface area contributed by atoms with Crippen molar-refractivity contribution in [3.8, 4) is 0 Å². The third-order valence-corrected chi connectivity index (χ3v) is 5.00. The van der Waals surface area contributed by atoms with Gasteiger partial charge < -0.3 is 5.32 Å². The van der Waals surface area contributed by atoms with Gasteiger partial charge >= 0.3 is 0 Å². The molecule has 2 rings (SSSR count). The molecule has 0 aliphatic heterocycles. The lowest BCUT2D eigenvalue weighted by molar-refractivity contribution is 0.0950. The van der Waals surface area contributed by atoms with E-state index in [1.54, 1.807) is 0 Å². The zero-order valence-corrected chi connectivity index (χ0v) is 11.3. The van der Waals surface area contributed by atoms with E-state index in [1.165, 1.54) is 24.2 Å². The molecule has 1 aromatic heterocycles. The van der Waals surface area contributed by atoms with E-state index in [9.17, 15) is 4.79 Å². The number of hydrogen-bond donors (Lipinski definition) is 1. The van der Waals surface area contributed by atoms with Crippen LogP contribution in [0.3, 0.4) is 0 Å². The molecule has 15 heavy (non-hydrogen) atoms. The summed E-state index contributed by atoms with van der Waals surface area (Å²) in [5.41, 5.74) is 1.50. The fourth-order valence-corrected chi connectivity index (χ4v) is 2.79. The molecule has 1 aliphatic rings. The van der Waals surface area contributed by atoms with Gasteiger partial charge in [-0.15, -0.1) is 11.3 Å². The van der Waals surface area contributed by atoms with Gasteiger partial charge in [0.15, 0.2) is 0 Å². The van der Waals surface area contributed by atoms with Gasteiger partial charge in [-0.25, -0.2) is 0 Å². The number of carbonyl (C=O) groups is 1. The highest BCUT2D eigenvalue weighted by Crippen LogP contribution is 2.44. The third-order valence-electron chi connectivity index (χ3n) is 2.86. The molecule has 1 aliphatic carbocycles. The highest BCUT2D eigenvalue weighted by molar-refractivity contribution is 9.11. The Morgan fingerprint density at radius 3 is 2.80 bits per heavy atom. The minimum atomic E-state index is 0.0573. The van der Waals surface area contributed by atoms with Crippen molar-refractivity contribution in [3.05, 3.63) is 20.3 Å². The summed E-state index contributed by atoms with van der Waals surface area (Å²) in [5, 5.41) is 2.99. The number of nitrogens with one attached hydrogen (secondary N) is 1. The fourth-order valence-electron chi connectivity index (χ4n) is 1.34. The molecule has 0 spiro atoms. The van der Waals surface area contributed by atoms with Crippen molar-refractivity contribution in [3.63, 3.8) is 0 Å². The molecule has 0 radical (unpaired) electrons. The standard InChI is InChI=1S/C11H14BrNOS/c1-7-5-8(15-9(7)12)10(14)13-6-11(2)3-4-11/h5H,3-4,6H2,1-2H3,(H,13,14). The van der Waals surface area contributed by atoms with Crippen molar-refractivity contribution in [2.24, 2.45) is 5.41 Å². The summed E-state index contributed by atoms with van der Waals surface area (Å²) in [7, 11) is 0. The maximum absolute atomic E-state index is 11.8. The molecule has 1 aromatic rings. The van der Waals surface area contributed by atoms with E-state index >= 15 is 0 Å². The Balaban J connectivity index is 1.95. The zero-order chi connectivity index (χ0) is 11.1. The van der Waals surface area contributed by atoms with Gasteiger partial charge in [0, 0.05) is 6.54 Å². The first-order valence-electron chi connectivity index (χ1n) is 5.04. The highest BCUT2D eigenvalue weighted by atomic mass is 79.9. The smallest absolute Gasteiger partial charge is 0.261 e. The normalized spacial score (nSPS) is 17.5. The molecule has 1 saturated carbocycles. The van der Waals surface area contributed by atoms with Crippen LogP contribution in [-0.4, -0.2) is 12.5 Å². The van der Waals surface area contributed by atoms with Crippen LogP contribution < -0.4 is 5.32 Å². The van der Waals surface area contributed by atoms with E-state index in [1.807, 2.05) is 13.0 Å². The van der Waals surface area contributed by atoms with E-state index in [2.05, 4.69) is 28.2 Å². The zero-order valence-electron chi connectivity index (χ0n) is 8.89. The molecular formula is C11H14BrNOS. The Bertz CT molecular complexity index is 376. The summed E-state index contributed by atoms with van der Waals surface area (Å²) in [6, 6.07) is 1.93. The summed E-state index contributed by atoms with van der Waals surface area (Å²) >= 11 is 4.92. The lowest BCUT2D eigenvalue weighted by Gasteiger charge is -2.08. The van der Waals surface area contributed by atoms with Crippen LogP contribution in [0.15, 0.2) is 9.85 Å². The van der Waals surface area contributed by atoms with E-state index < -0.39 is 0 Å². The maximum Gasteiger partial charge on any atom is 0.261 e. The fraction of sp³-hybridized carbons (Fsp3) is 0.545. The van der Waals surface area contributed by atoms with E-state index in [0.29, 0.717) is 5.41 Å². The van der Waals surface area contributed by atoms with Crippen LogP contribution in [0.25, 0.3) is 0 Å². The minimum absolute atomic E-state index is 0.0573. The molecule has 1 heterocycles. The van der Waals surface area contributed by atoms with Crippen LogP contribution in [0.1, 0.15) is 35.0 Å². The molecule has 0 bridgehead atoms. The monoisotopic (exact) mass is 287 g/mol. The summed E-state index contributed by atoms with van der Waals surface area (Å²) in [4.78, 5) is 12.6. The first-order chi connectivity index (χ1) is 7.00. The van der Waals surface area contributed by atoms with E-state index in [4.69, 9.17) is 0 Å². The molecule has 1 amide bonds. The van der Waals surface area contributed by atoms with Gasteiger partial charge in [-0.3, -0.25) is 4.79 Å². The minimum Gasteiger partial charge on any atom is -0.351 e. The number of thiophene rings is 1. The van der Waals surface area contributed by atoms with Crippen molar-refractivity contribution < 1.29 is 4.79 Å². The van der Waals surface area contributed by atoms with Gasteiger partial charge in [-0.05, 0) is 52.7 Å². The predicted molar refractivity (Wildman–Crippen MR) is 66.4 cm³/mol. The lowest BCUT2D eigenvalue weighted by Crippen LogP contribution is -2.28. The van der Waals surface area contributed by atoms with Crippen LogP contribution in [0.2, 0.25) is 0 Å². The van der Waals surface area contributed by atoms with Crippen LogP contribution in [0.5, 0.6) is 0 Å². The summed E-state index contributed by atoms with van der Waals surface area (Å²) in [5.74, 6) is 0.0573. The molecular weight excluding hydrogens is 274 g/mol. The molecule has 0 aromatic carbocycles. The number of halogens is 1. The van der Waals surface area contributed by atoms with Gasteiger partial charge in [-0.1, -0.05) is 6.92 Å². The second-order valence-electron chi connectivity index (χ2n) is 4.56. The highest BCUT2D eigenvalue weighted by Gasteiger charge is 2.37. The number of rotatable bonds is 3. The Kier molecular flexibility index (Phi) is 2.90. The largest absolute Gasteiger partial charge is 0.351 e. The molecule has 2 nitrogen and oxygen atoms in total. The van der Waals surface area contributed by atoms with E-state index in [0.717, 1.165) is 20.8 Å². The topological polar surface area (TPSA) is 29.1 Å². The van der Waals surface area contributed by atoms with Crippen LogP contribution in [0, 0.1) is 12.3 Å². The van der Waals surface area contributed by atoms with Gasteiger partial charge in [0.25, 0.3) is 5.91 Å². The van der Waals surface area contributed by atoms with Crippen molar-refractivity contribution >= 4 is 33.2 Å². The summed E-state index contributed by atoms with van der Waals surface area (Å²) in [6.45, 7) is 5.02. The third kappa shape index (κ3) is 2.61. The molecule has 0 atom stereocenters. The average molecular weight is 288 g/mol. The Labute approximate surface area is 102 Å². The van der Waals surface area contributed by atoms with Gasteiger partial charge in [0.05, 0.1) is 8.66 Å². The molecule has 4 heteroatoms. The van der Waals surface area contributed by atoms with Crippen molar-refractivity contribution in [2.75, 3.05) is 6.54 Å². The van der Waals surface area contributed by atoms with Crippen molar-refractivity contribution in [1.29, 1.82) is 0 Å². The van der Waals surface area contributed by atoms with E-state index in [-0.39, 0.29) is 5.91 Å². The number of amides is 1. The average Bonchev–Trinajstić information content (AvgIpc) is 2.83. The molecule has 1 N–H and O–H groups in total. The maximum atomic E-state index is 11.8. The lowest BCUT2D eigenvalue weighted by atomic mass is 10.1. The summed E-state index contributed by atoms with van der Waals surface area (Å²) < 4.78 is 1.05. The van der Waals surface area contributed by atoms with Gasteiger partial charge in [-0.2, -0.15) is 0 Å². The SMILES string of the molecule is Cc1cc(C(=O)NCC2(C)CC2)sc1Br. The van der Waals surface area contributed by atoms with Crippen molar-refractivity contribution in [1.82, 2.24) is 5.32 Å². The quantitative estimate of drug-likeness (QED) is 0.908. The van der Waals surface area contributed by atoms with Crippen LogP contribution >= 0.6 is 27.3 Å². The number of carbonyl (C=O) groups excluding carboxylic acids is 1. The number of hydrogen-bond acceptors (Lipinski definition) is 2. The van der Waals surface area contributed by atoms with Gasteiger partial charge in [0.2, 0.25) is 0 Å². The Morgan fingerprint density at radius 2 is 2.33 bits per heavy atom. The van der Waals surface area contributed by atoms with Gasteiger partial charge in [0.1, 0.15) is 0 Å². The van der Waals surface area contributed by atoms with Crippen LogP contribution in [-0.2, 0) is 0 Å². The Hall–Kier alpha value is -0.350. The summed E-state index contributed by atoms with van der Waals surface area (Å²) in [6.07, 6.45) is 2.47. The predicted octanol–water partition coefficient (Wildman–Crippen LogP) is 3.35. The first-order valence-corrected chi connectivity index (χ1v) is 6.65.